The Kier molecular flexibility index (Phi) is 13.3. The van der Waals surface area contributed by atoms with Crippen molar-refractivity contribution < 1.29 is 0 Å². The van der Waals surface area contributed by atoms with E-state index in [1.54, 1.807) is 0 Å². The maximum absolute atomic E-state index is 2.75. The summed E-state index contributed by atoms with van der Waals surface area (Å²) in [4.78, 5) is 7.90. The molecule has 4 heteroatoms. The highest BCUT2D eigenvalue weighted by Crippen LogP contribution is 2.54. The van der Waals surface area contributed by atoms with Crippen LogP contribution >= 0.6 is 0 Å². The highest BCUT2D eigenvalue weighted by molar-refractivity contribution is 7.00. The highest BCUT2D eigenvalue weighted by atomic mass is 15.2. The van der Waals surface area contributed by atoms with Gasteiger partial charge < -0.3 is 14.7 Å². The first-order valence-electron chi connectivity index (χ1n) is 30.2. The highest BCUT2D eigenvalue weighted by Gasteiger charge is 2.48. The SMILES string of the molecule is Cc1cc(C(C)(C)C)cc(-c2ccccc2)c1N1c2cc3c(cc2B2c4cc(C(C)(C)C)ccc4N(c4ccc(C(C)(C)C)cc4)c4cc(N(c5ccc(C(C)(C)C)cc5)c5ccc(C(C)(C)C)cc5)cc1c42)C(C)(C)CCC3(C)C. The van der Waals surface area contributed by atoms with E-state index in [0.29, 0.717) is 0 Å². The van der Waals surface area contributed by atoms with Crippen LogP contribution in [0.2, 0.25) is 0 Å². The lowest BCUT2D eigenvalue weighted by molar-refractivity contribution is 0.332. The monoisotopic (exact) mass is 1070 g/mol. The summed E-state index contributed by atoms with van der Waals surface area (Å²) in [5, 5.41) is 0. The van der Waals surface area contributed by atoms with Crippen molar-refractivity contribution in [3.05, 3.63) is 202 Å². The van der Waals surface area contributed by atoms with Crippen LogP contribution in [0.3, 0.4) is 0 Å². The van der Waals surface area contributed by atoms with E-state index in [2.05, 4.69) is 311 Å². The second-order valence-corrected chi connectivity index (χ2v) is 30.8. The third-order valence-corrected chi connectivity index (χ3v) is 18.6. The molecule has 2 aliphatic heterocycles. The van der Waals surface area contributed by atoms with E-state index in [0.717, 1.165) is 35.6 Å². The van der Waals surface area contributed by atoms with E-state index >= 15 is 0 Å². The van der Waals surface area contributed by atoms with Gasteiger partial charge in [-0.15, -0.1) is 0 Å². The molecule has 416 valence electrons. The van der Waals surface area contributed by atoms with Crippen LogP contribution in [0.1, 0.15) is 189 Å². The van der Waals surface area contributed by atoms with Crippen LogP contribution in [0.25, 0.3) is 11.1 Å². The van der Waals surface area contributed by atoms with Crippen LogP contribution in [-0.2, 0) is 37.9 Å². The Morgan fingerprint density at radius 1 is 0.395 bits per heavy atom. The van der Waals surface area contributed by atoms with Gasteiger partial charge in [-0.3, -0.25) is 0 Å². The van der Waals surface area contributed by atoms with Gasteiger partial charge in [-0.25, -0.2) is 0 Å². The Bertz CT molecular complexity index is 3650. The van der Waals surface area contributed by atoms with Gasteiger partial charge in [0.2, 0.25) is 0 Å². The maximum atomic E-state index is 2.75. The van der Waals surface area contributed by atoms with Crippen LogP contribution in [0.15, 0.2) is 158 Å². The van der Waals surface area contributed by atoms with Crippen LogP contribution in [0.4, 0.5) is 51.2 Å². The summed E-state index contributed by atoms with van der Waals surface area (Å²) >= 11 is 0. The zero-order chi connectivity index (χ0) is 58.3. The molecule has 0 fully saturated rings. The molecular formula is C77H90BN3. The first kappa shape index (κ1) is 56.1. The molecule has 0 unspecified atom stereocenters. The molecular weight excluding hydrogens is 978 g/mol. The Morgan fingerprint density at radius 2 is 0.840 bits per heavy atom. The predicted octanol–water partition coefficient (Wildman–Crippen LogP) is 20.1. The van der Waals surface area contributed by atoms with E-state index in [9.17, 15) is 0 Å². The average Bonchev–Trinajstić information content (AvgIpc) is 1.05. The van der Waals surface area contributed by atoms with Gasteiger partial charge in [0, 0.05) is 45.4 Å². The van der Waals surface area contributed by atoms with Gasteiger partial charge in [-0.2, -0.15) is 0 Å². The molecule has 3 aliphatic rings. The number of aryl methyl sites for hydroxylation is 1. The normalized spacial score (nSPS) is 15.7. The van der Waals surface area contributed by atoms with Crippen molar-refractivity contribution in [2.45, 2.75) is 189 Å². The number of nitrogens with zero attached hydrogens (tertiary/aromatic N) is 3. The third kappa shape index (κ3) is 9.95. The molecule has 0 aromatic heterocycles. The van der Waals surface area contributed by atoms with Crippen molar-refractivity contribution in [3.8, 4) is 11.1 Å². The van der Waals surface area contributed by atoms with Crippen LogP contribution < -0.4 is 31.1 Å². The Balaban J connectivity index is 1.34. The molecule has 11 rings (SSSR count). The molecule has 1 aliphatic carbocycles. The quantitative estimate of drug-likeness (QED) is 0.154. The molecule has 0 spiro atoms. The molecule has 0 bridgehead atoms. The second kappa shape index (κ2) is 19.2. The number of anilines is 9. The number of hydrogen-bond donors (Lipinski definition) is 0. The number of benzene rings is 8. The predicted molar refractivity (Wildman–Crippen MR) is 354 cm³/mol. The molecule has 0 saturated carbocycles. The molecule has 0 atom stereocenters. The zero-order valence-electron chi connectivity index (χ0n) is 52.8. The molecule has 2 heterocycles. The summed E-state index contributed by atoms with van der Waals surface area (Å²) in [6.07, 6.45) is 2.27. The first-order valence-corrected chi connectivity index (χ1v) is 30.2. The van der Waals surface area contributed by atoms with Gasteiger partial charge in [0.05, 0.1) is 11.4 Å². The largest absolute Gasteiger partial charge is 0.311 e. The molecule has 0 N–H and O–H groups in total. The van der Waals surface area contributed by atoms with Crippen molar-refractivity contribution in [1.29, 1.82) is 0 Å². The fourth-order valence-electron chi connectivity index (χ4n) is 13.3. The Labute approximate surface area is 488 Å². The Morgan fingerprint density at radius 3 is 1.33 bits per heavy atom. The van der Waals surface area contributed by atoms with Crippen LogP contribution in [-0.4, -0.2) is 6.71 Å². The van der Waals surface area contributed by atoms with Gasteiger partial charge in [-0.1, -0.05) is 223 Å². The fourth-order valence-corrected chi connectivity index (χ4v) is 13.3. The van der Waals surface area contributed by atoms with Crippen molar-refractivity contribution in [1.82, 2.24) is 0 Å². The molecule has 8 aromatic carbocycles. The minimum absolute atomic E-state index is 0.000268. The van der Waals surface area contributed by atoms with Gasteiger partial charge >= 0.3 is 0 Å². The molecule has 81 heavy (non-hydrogen) atoms. The Hall–Kier alpha value is -6.78. The molecule has 8 aromatic rings. The minimum atomic E-state index is -0.0748. The van der Waals surface area contributed by atoms with Gasteiger partial charge in [0.1, 0.15) is 0 Å². The van der Waals surface area contributed by atoms with Crippen molar-refractivity contribution in [3.63, 3.8) is 0 Å². The number of fused-ring (bicyclic) bond motifs is 5. The maximum Gasteiger partial charge on any atom is 0.252 e. The second-order valence-electron chi connectivity index (χ2n) is 30.8. The van der Waals surface area contributed by atoms with E-state index < -0.39 is 0 Å². The van der Waals surface area contributed by atoms with Gasteiger partial charge in [0.25, 0.3) is 6.71 Å². The smallest absolute Gasteiger partial charge is 0.252 e. The lowest BCUT2D eigenvalue weighted by Gasteiger charge is -2.48. The average molecular weight is 1070 g/mol. The third-order valence-electron chi connectivity index (χ3n) is 18.6. The van der Waals surface area contributed by atoms with Crippen molar-refractivity contribution in [2.75, 3.05) is 14.7 Å². The van der Waals surface area contributed by atoms with Crippen LogP contribution in [0.5, 0.6) is 0 Å². The topological polar surface area (TPSA) is 9.72 Å². The van der Waals surface area contributed by atoms with E-state index in [-0.39, 0.29) is 44.6 Å². The molecule has 0 saturated heterocycles. The first-order chi connectivity index (χ1) is 37.7. The van der Waals surface area contributed by atoms with E-state index in [4.69, 9.17) is 0 Å². The lowest BCUT2D eigenvalue weighted by atomic mass is 9.33. The zero-order valence-corrected chi connectivity index (χ0v) is 52.8. The fraction of sp³-hybridized carbons (Fsp3) is 0.377. The summed E-state index contributed by atoms with van der Waals surface area (Å²) < 4.78 is 0. The minimum Gasteiger partial charge on any atom is -0.311 e. The molecule has 3 nitrogen and oxygen atoms in total. The van der Waals surface area contributed by atoms with E-state index in [1.807, 2.05) is 0 Å². The van der Waals surface area contributed by atoms with Gasteiger partial charge in [0.15, 0.2) is 0 Å². The standard InChI is InChI=1S/C77H90BN3/c1-49-42-55(75(14,15)16)43-60(50-24-22-21-23-25-50)70(49)81-66-48-62-61(76(17,18)40-41-77(62,19)20)47-64(66)78-63-44-54(74(11,12)13)32-39-65(63)80(58-37-30-53(31-38-58)73(8,9)10)67-45-59(46-68(81)69(67)78)79(56-33-26-51(27-34-56)71(2,3)4)57-35-28-52(29-36-57)72(5,6)7/h21-39,42-48H,40-41H2,1-20H3. The summed E-state index contributed by atoms with van der Waals surface area (Å²) in [6, 6.07) is 62.4. The molecule has 0 radical (unpaired) electrons. The summed E-state index contributed by atoms with van der Waals surface area (Å²) in [5.74, 6) is 0. The van der Waals surface area contributed by atoms with Crippen molar-refractivity contribution >= 4 is 74.3 Å². The number of rotatable bonds is 6. The number of hydrogen-bond acceptors (Lipinski definition) is 3. The van der Waals surface area contributed by atoms with E-state index in [1.165, 1.54) is 100 Å². The van der Waals surface area contributed by atoms with Gasteiger partial charge in [-0.05, 0) is 191 Å². The summed E-state index contributed by atoms with van der Waals surface area (Å²) in [6.45, 7) is 47.3. The van der Waals surface area contributed by atoms with Crippen LogP contribution in [0, 0.1) is 6.92 Å². The summed E-state index contributed by atoms with van der Waals surface area (Å²) in [5.41, 5.74) is 27.8. The molecule has 0 amide bonds. The van der Waals surface area contributed by atoms with Crippen molar-refractivity contribution in [2.24, 2.45) is 0 Å². The lowest BCUT2D eigenvalue weighted by Crippen LogP contribution is -2.62. The summed E-state index contributed by atoms with van der Waals surface area (Å²) in [7, 11) is 0.